The van der Waals surface area contributed by atoms with E-state index in [1.807, 2.05) is 41.9 Å². The summed E-state index contributed by atoms with van der Waals surface area (Å²) >= 11 is 1.26. The molecule has 2 aliphatic rings. The molecule has 0 N–H and O–H groups in total. The summed E-state index contributed by atoms with van der Waals surface area (Å²) in [7, 11) is 1.89. The van der Waals surface area contributed by atoms with E-state index in [2.05, 4.69) is 9.88 Å². The standard InChI is InChI=1S/C25H30FN5O2S/c1-17(32)14-29(3)21-5-4-9-27-24(21)31-16-20(18(2)28-31)15-30-10-7-25(8-11-30)23-19(6-12-33-25)13-22(26)34-23/h4-5,9,13,16H,6-8,10-12,14-15H2,1-3H3. The maximum absolute atomic E-state index is 13.9. The fourth-order valence-electron chi connectivity index (χ4n) is 5.11. The number of piperidine rings is 1. The van der Waals surface area contributed by atoms with Gasteiger partial charge in [0.15, 0.2) is 10.9 Å². The first-order chi connectivity index (χ1) is 16.3. The van der Waals surface area contributed by atoms with E-state index in [1.54, 1.807) is 19.2 Å². The molecular weight excluding hydrogens is 453 g/mol. The third-order valence-electron chi connectivity index (χ3n) is 6.85. The van der Waals surface area contributed by atoms with Crippen LogP contribution in [0.2, 0.25) is 0 Å². The van der Waals surface area contributed by atoms with Gasteiger partial charge in [0.25, 0.3) is 0 Å². The molecule has 180 valence electrons. The van der Waals surface area contributed by atoms with Crippen molar-refractivity contribution in [3.05, 3.63) is 57.4 Å². The molecule has 7 nitrogen and oxygen atoms in total. The molecule has 5 rings (SSSR count). The molecule has 0 atom stereocenters. The van der Waals surface area contributed by atoms with E-state index in [-0.39, 0.29) is 16.5 Å². The number of aromatic nitrogens is 3. The number of anilines is 1. The second-order valence-corrected chi connectivity index (χ2v) is 10.4. The lowest BCUT2D eigenvalue weighted by molar-refractivity contribution is -0.115. The van der Waals surface area contributed by atoms with Crippen LogP contribution in [0.25, 0.3) is 5.82 Å². The van der Waals surface area contributed by atoms with Crippen LogP contribution in [0.4, 0.5) is 10.1 Å². The van der Waals surface area contributed by atoms with Gasteiger partial charge in [-0.05, 0) is 56.9 Å². The Kier molecular flexibility index (Phi) is 6.26. The third kappa shape index (κ3) is 4.39. The minimum absolute atomic E-state index is 0.0943. The zero-order valence-electron chi connectivity index (χ0n) is 19.9. The molecule has 34 heavy (non-hydrogen) atoms. The Balaban J connectivity index is 1.30. The molecule has 3 aromatic heterocycles. The van der Waals surface area contributed by atoms with Crippen molar-refractivity contribution >= 4 is 22.8 Å². The normalized spacial score (nSPS) is 17.6. The number of aryl methyl sites for hydroxylation is 1. The van der Waals surface area contributed by atoms with Gasteiger partial charge in [0.2, 0.25) is 0 Å². The first kappa shape index (κ1) is 23.1. The molecule has 2 aliphatic heterocycles. The summed E-state index contributed by atoms with van der Waals surface area (Å²) in [5, 5.41) is 4.63. The minimum atomic E-state index is -0.331. The van der Waals surface area contributed by atoms with Gasteiger partial charge in [-0.3, -0.25) is 9.69 Å². The van der Waals surface area contributed by atoms with Crippen LogP contribution >= 0.6 is 11.3 Å². The molecular formula is C25H30FN5O2S. The van der Waals surface area contributed by atoms with Crippen molar-refractivity contribution in [3.8, 4) is 5.82 Å². The molecule has 0 bridgehead atoms. The molecule has 1 fully saturated rings. The van der Waals surface area contributed by atoms with Crippen LogP contribution in [0, 0.1) is 12.1 Å². The average molecular weight is 484 g/mol. The Morgan fingerprint density at radius 2 is 2.15 bits per heavy atom. The molecule has 0 saturated carbocycles. The number of carbonyl (C=O) groups is 1. The number of nitrogens with zero attached hydrogens (tertiary/aromatic N) is 5. The monoisotopic (exact) mass is 483 g/mol. The number of Topliss-reactive ketones (excluding diaryl/α,β-unsaturated/α-hetero) is 1. The van der Waals surface area contributed by atoms with E-state index >= 15 is 0 Å². The van der Waals surface area contributed by atoms with Crippen LogP contribution in [-0.4, -0.2) is 58.7 Å². The average Bonchev–Trinajstić information content (AvgIpc) is 3.37. The van der Waals surface area contributed by atoms with Gasteiger partial charge in [0.05, 0.1) is 24.5 Å². The van der Waals surface area contributed by atoms with E-state index in [0.717, 1.165) is 66.3 Å². The number of likely N-dealkylation sites (tertiary alicyclic amines) is 1. The summed E-state index contributed by atoms with van der Waals surface area (Å²) in [6.07, 6.45) is 6.32. The number of likely N-dealkylation sites (N-methyl/N-ethyl adjacent to an activating group) is 1. The summed E-state index contributed by atoms with van der Waals surface area (Å²) in [6.45, 7) is 7.15. The van der Waals surface area contributed by atoms with E-state index in [1.165, 1.54) is 11.3 Å². The molecule has 1 saturated heterocycles. The van der Waals surface area contributed by atoms with Gasteiger partial charge < -0.3 is 9.64 Å². The molecule has 0 amide bonds. The first-order valence-corrected chi connectivity index (χ1v) is 12.5. The van der Waals surface area contributed by atoms with Crippen LogP contribution < -0.4 is 4.90 Å². The van der Waals surface area contributed by atoms with E-state index in [0.29, 0.717) is 19.0 Å². The van der Waals surface area contributed by atoms with Gasteiger partial charge in [0, 0.05) is 49.5 Å². The smallest absolute Gasteiger partial charge is 0.177 e. The fourth-order valence-corrected chi connectivity index (χ4v) is 6.25. The zero-order valence-corrected chi connectivity index (χ0v) is 20.7. The van der Waals surface area contributed by atoms with E-state index < -0.39 is 0 Å². The molecule has 0 aromatic carbocycles. The predicted molar refractivity (Wildman–Crippen MR) is 130 cm³/mol. The van der Waals surface area contributed by atoms with Crippen molar-refractivity contribution in [2.24, 2.45) is 0 Å². The van der Waals surface area contributed by atoms with Gasteiger partial charge in [-0.1, -0.05) is 0 Å². The molecule has 3 aromatic rings. The van der Waals surface area contributed by atoms with Crippen LogP contribution in [0.1, 0.15) is 41.5 Å². The Morgan fingerprint density at radius 1 is 1.35 bits per heavy atom. The van der Waals surface area contributed by atoms with Gasteiger partial charge in [0.1, 0.15) is 11.4 Å². The van der Waals surface area contributed by atoms with Crippen LogP contribution in [-0.2, 0) is 28.1 Å². The highest BCUT2D eigenvalue weighted by Crippen LogP contribution is 2.45. The molecule has 5 heterocycles. The van der Waals surface area contributed by atoms with Crippen molar-refractivity contribution in [2.75, 3.05) is 38.2 Å². The van der Waals surface area contributed by atoms with Crippen molar-refractivity contribution in [2.45, 2.75) is 45.3 Å². The quantitative estimate of drug-likeness (QED) is 0.531. The van der Waals surface area contributed by atoms with Gasteiger partial charge in [-0.15, -0.1) is 11.3 Å². The number of thiophene rings is 1. The maximum Gasteiger partial charge on any atom is 0.177 e. The van der Waals surface area contributed by atoms with Crippen molar-refractivity contribution in [3.63, 3.8) is 0 Å². The van der Waals surface area contributed by atoms with Gasteiger partial charge >= 0.3 is 0 Å². The van der Waals surface area contributed by atoms with Crippen molar-refractivity contribution < 1.29 is 13.9 Å². The number of pyridine rings is 1. The summed E-state index contributed by atoms with van der Waals surface area (Å²) in [5.74, 6) is 0.804. The van der Waals surface area contributed by atoms with Gasteiger partial charge in [-0.2, -0.15) is 9.49 Å². The summed E-state index contributed by atoms with van der Waals surface area (Å²) < 4.78 is 22.0. The SMILES string of the molecule is CC(=O)CN(C)c1cccnc1-n1cc(CN2CCC3(CC2)OCCc2cc(F)sc23)c(C)n1. The first-order valence-electron chi connectivity index (χ1n) is 11.7. The number of rotatable bonds is 6. The molecule has 9 heteroatoms. The Bertz CT molecular complexity index is 1200. The molecule has 0 aliphatic carbocycles. The number of halogens is 1. The number of carbonyl (C=O) groups excluding carboxylic acids is 1. The molecule has 0 radical (unpaired) electrons. The number of hydrogen-bond donors (Lipinski definition) is 0. The van der Waals surface area contributed by atoms with Crippen LogP contribution in [0.15, 0.2) is 30.6 Å². The second kappa shape index (κ2) is 9.20. The van der Waals surface area contributed by atoms with Crippen LogP contribution in [0.3, 0.4) is 0 Å². The highest BCUT2D eigenvalue weighted by Gasteiger charge is 2.42. The highest BCUT2D eigenvalue weighted by atomic mass is 32.1. The number of hydrogen-bond acceptors (Lipinski definition) is 7. The Hall–Kier alpha value is -2.62. The Labute approximate surface area is 203 Å². The number of fused-ring (bicyclic) bond motifs is 2. The largest absolute Gasteiger partial charge is 0.369 e. The lowest BCUT2D eigenvalue weighted by Gasteiger charge is -2.43. The molecule has 0 unspecified atom stereocenters. The molecule has 1 spiro atoms. The van der Waals surface area contributed by atoms with E-state index in [4.69, 9.17) is 9.84 Å². The van der Waals surface area contributed by atoms with Crippen LogP contribution in [0.5, 0.6) is 0 Å². The fraction of sp³-hybridized carbons (Fsp3) is 0.480. The zero-order chi connectivity index (χ0) is 23.9. The topological polar surface area (TPSA) is 63.5 Å². The third-order valence-corrected chi connectivity index (χ3v) is 8.01. The lowest BCUT2D eigenvalue weighted by atomic mass is 9.85. The maximum atomic E-state index is 13.9. The summed E-state index contributed by atoms with van der Waals surface area (Å²) in [5.41, 5.74) is 3.76. The summed E-state index contributed by atoms with van der Waals surface area (Å²) in [6, 6.07) is 5.51. The predicted octanol–water partition coefficient (Wildman–Crippen LogP) is 3.87. The second-order valence-electron chi connectivity index (χ2n) is 9.36. The van der Waals surface area contributed by atoms with Crippen molar-refractivity contribution in [1.29, 1.82) is 0 Å². The number of ketones is 1. The Morgan fingerprint density at radius 3 is 2.91 bits per heavy atom. The highest BCUT2D eigenvalue weighted by molar-refractivity contribution is 7.10. The van der Waals surface area contributed by atoms with E-state index in [9.17, 15) is 9.18 Å². The summed E-state index contributed by atoms with van der Waals surface area (Å²) in [4.78, 5) is 21.6. The number of ether oxygens (including phenoxy) is 1. The minimum Gasteiger partial charge on any atom is -0.369 e. The van der Waals surface area contributed by atoms with Gasteiger partial charge in [-0.25, -0.2) is 9.67 Å². The lowest BCUT2D eigenvalue weighted by Crippen LogP contribution is -2.45. The van der Waals surface area contributed by atoms with Crippen molar-refractivity contribution in [1.82, 2.24) is 19.7 Å².